The molecule has 0 spiro atoms. The van der Waals surface area contributed by atoms with Crippen molar-refractivity contribution in [2.45, 2.75) is 13.3 Å². The van der Waals surface area contributed by atoms with Gasteiger partial charge in [-0.3, -0.25) is 9.78 Å². The molecule has 1 heterocycles. The number of nitrogens with two attached hydrogens (primary N) is 1. The van der Waals surface area contributed by atoms with E-state index in [2.05, 4.69) is 4.98 Å². The summed E-state index contributed by atoms with van der Waals surface area (Å²) in [4.78, 5) is 15.2. The van der Waals surface area contributed by atoms with Crippen molar-refractivity contribution >= 4 is 5.78 Å². The number of rotatable bonds is 4. The molecule has 0 aromatic carbocycles. The van der Waals surface area contributed by atoms with Crippen LogP contribution in [0.1, 0.15) is 12.6 Å². The molecule has 3 nitrogen and oxygen atoms in total. The number of Topliss-reactive ketones (excluding diaryl/α,β-unsaturated/α-hetero) is 1. The molecule has 2 N–H and O–H groups in total. The van der Waals surface area contributed by atoms with Crippen molar-refractivity contribution in [1.29, 1.82) is 0 Å². The summed E-state index contributed by atoms with van der Waals surface area (Å²) in [5.74, 6) is 0.0445. The quantitative estimate of drug-likeness (QED) is 0.741. The van der Waals surface area contributed by atoms with E-state index in [1.807, 2.05) is 18.2 Å². The lowest BCUT2D eigenvalue weighted by atomic mass is 9.99. The monoisotopic (exact) mass is 178 g/mol. The highest BCUT2D eigenvalue weighted by molar-refractivity contribution is 5.78. The zero-order chi connectivity index (χ0) is 9.68. The van der Waals surface area contributed by atoms with Crippen molar-refractivity contribution in [2.24, 2.45) is 11.7 Å². The maximum Gasteiger partial charge on any atom is 0.134 e. The van der Waals surface area contributed by atoms with E-state index in [1.54, 1.807) is 13.1 Å². The van der Waals surface area contributed by atoms with Crippen LogP contribution in [0.3, 0.4) is 0 Å². The number of nitrogens with zero attached hydrogens (tertiary/aromatic N) is 1. The first-order valence-electron chi connectivity index (χ1n) is 4.34. The second-order valence-corrected chi connectivity index (χ2v) is 3.07. The van der Waals surface area contributed by atoms with Gasteiger partial charge in [0.2, 0.25) is 0 Å². The Morgan fingerprint density at radius 1 is 1.62 bits per heavy atom. The van der Waals surface area contributed by atoms with Gasteiger partial charge in [0.15, 0.2) is 0 Å². The third kappa shape index (κ3) is 2.95. The maximum absolute atomic E-state index is 11.1. The molecule has 0 aliphatic heterocycles. The van der Waals surface area contributed by atoms with Crippen LogP contribution in [-0.4, -0.2) is 17.3 Å². The summed E-state index contributed by atoms with van der Waals surface area (Å²) in [5.41, 5.74) is 6.40. The van der Waals surface area contributed by atoms with Gasteiger partial charge >= 0.3 is 0 Å². The summed E-state index contributed by atoms with van der Waals surface area (Å²) < 4.78 is 0. The summed E-state index contributed by atoms with van der Waals surface area (Å²) in [5, 5.41) is 0. The predicted molar refractivity (Wildman–Crippen MR) is 51.2 cm³/mol. The lowest BCUT2D eigenvalue weighted by molar-refractivity contribution is -0.120. The van der Waals surface area contributed by atoms with E-state index in [9.17, 15) is 4.79 Å². The van der Waals surface area contributed by atoms with Gasteiger partial charge in [-0.2, -0.15) is 0 Å². The molecular weight excluding hydrogens is 164 g/mol. The van der Waals surface area contributed by atoms with Gasteiger partial charge in [-0.05, 0) is 19.1 Å². The van der Waals surface area contributed by atoms with Crippen LogP contribution in [-0.2, 0) is 11.2 Å². The number of aromatic nitrogens is 1. The molecule has 1 atom stereocenters. The fraction of sp³-hybridized carbons (Fsp3) is 0.400. The molecular formula is C10H14N2O. The summed E-state index contributed by atoms with van der Waals surface area (Å²) in [6.45, 7) is 1.96. The minimum atomic E-state index is -0.0881. The minimum absolute atomic E-state index is 0.0881. The van der Waals surface area contributed by atoms with E-state index in [4.69, 9.17) is 5.73 Å². The van der Waals surface area contributed by atoms with Crippen LogP contribution in [0.4, 0.5) is 0 Å². The Morgan fingerprint density at radius 2 is 2.38 bits per heavy atom. The topological polar surface area (TPSA) is 56.0 Å². The number of hydrogen-bond donors (Lipinski definition) is 1. The molecule has 1 rings (SSSR count). The molecule has 1 aromatic heterocycles. The molecule has 0 saturated heterocycles. The van der Waals surface area contributed by atoms with E-state index >= 15 is 0 Å². The van der Waals surface area contributed by atoms with Crippen LogP contribution >= 0.6 is 0 Å². The van der Waals surface area contributed by atoms with Crippen molar-refractivity contribution in [1.82, 2.24) is 4.98 Å². The Hall–Kier alpha value is -1.22. The molecule has 70 valence electrons. The van der Waals surface area contributed by atoms with Crippen LogP contribution in [0.15, 0.2) is 24.4 Å². The molecule has 0 amide bonds. The summed E-state index contributed by atoms with van der Waals surface area (Å²) in [6.07, 6.45) is 2.37. The van der Waals surface area contributed by atoms with Crippen LogP contribution in [0.5, 0.6) is 0 Å². The number of ketones is 1. The van der Waals surface area contributed by atoms with Crippen molar-refractivity contribution in [3.05, 3.63) is 30.1 Å². The minimum Gasteiger partial charge on any atom is -0.330 e. The molecule has 0 radical (unpaired) electrons. The van der Waals surface area contributed by atoms with Crippen LogP contribution in [0.2, 0.25) is 0 Å². The SMILES string of the molecule is CC(=O)[C@H](CN)Cc1ccccn1. The standard InChI is InChI=1S/C10H14N2O/c1-8(13)9(7-11)6-10-4-2-3-5-12-10/h2-5,9H,6-7,11H2,1H3/t9-/m0/s1. The summed E-state index contributed by atoms with van der Waals surface area (Å²) in [7, 11) is 0. The lowest BCUT2D eigenvalue weighted by Gasteiger charge is -2.09. The van der Waals surface area contributed by atoms with Gasteiger partial charge < -0.3 is 5.73 Å². The largest absolute Gasteiger partial charge is 0.330 e. The van der Waals surface area contributed by atoms with Gasteiger partial charge in [0.05, 0.1) is 0 Å². The van der Waals surface area contributed by atoms with Gasteiger partial charge in [-0.15, -0.1) is 0 Å². The van der Waals surface area contributed by atoms with E-state index in [0.29, 0.717) is 13.0 Å². The van der Waals surface area contributed by atoms with E-state index in [1.165, 1.54) is 0 Å². The van der Waals surface area contributed by atoms with Gasteiger partial charge in [0, 0.05) is 30.8 Å². The molecule has 13 heavy (non-hydrogen) atoms. The number of hydrogen-bond acceptors (Lipinski definition) is 3. The van der Waals surface area contributed by atoms with Crippen molar-refractivity contribution in [3.63, 3.8) is 0 Å². The van der Waals surface area contributed by atoms with Crippen LogP contribution < -0.4 is 5.73 Å². The highest BCUT2D eigenvalue weighted by Crippen LogP contribution is 2.05. The Bertz CT molecular complexity index is 272. The zero-order valence-corrected chi connectivity index (χ0v) is 7.73. The van der Waals surface area contributed by atoms with Gasteiger partial charge in [-0.25, -0.2) is 0 Å². The Morgan fingerprint density at radius 3 is 2.85 bits per heavy atom. The highest BCUT2D eigenvalue weighted by atomic mass is 16.1. The van der Waals surface area contributed by atoms with Gasteiger partial charge in [0.1, 0.15) is 5.78 Å². The third-order valence-electron chi connectivity index (χ3n) is 2.04. The number of carbonyl (C=O) groups excluding carboxylic acids is 1. The average molecular weight is 178 g/mol. The smallest absolute Gasteiger partial charge is 0.134 e. The molecule has 1 aromatic rings. The first-order chi connectivity index (χ1) is 6.24. The molecule has 3 heteroatoms. The predicted octanol–water partition coefficient (Wildman–Crippen LogP) is 0.788. The summed E-state index contributed by atoms with van der Waals surface area (Å²) in [6, 6.07) is 5.68. The Balaban J connectivity index is 2.62. The molecule has 0 unspecified atom stereocenters. The molecule has 0 bridgehead atoms. The van der Waals surface area contributed by atoms with Crippen molar-refractivity contribution in [3.8, 4) is 0 Å². The lowest BCUT2D eigenvalue weighted by Crippen LogP contribution is -2.23. The highest BCUT2D eigenvalue weighted by Gasteiger charge is 2.12. The fourth-order valence-corrected chi connectivity index (χ4v) is 1.16. The Kier molecular flexibility index (Phi) is 3.58. The van der Waals surface area contributed by atoms with Crippen LogP contribution in [0.25, 0.3) is 0 Å². The third-order valence-corrected chi connectivity index (χ3v) is 2.04. The first kappa shape index (κ1) is 9.86. The van der Waals surface area contributed by atoms with Crippen molar-refractivity contribution < 1.29 is 4.79 Å². The molecule has 0 saturated carbocycles. The zero-order valence-electron chi connectivity index (χ0n) is 7.73. The second-order valence-electron chi connectivity index (χ2n) is 3.07. The van der Waals surface area contributed by atoms with Gasteiger partial charge in [-0.1, -0.05) is 6.07 Å². The second kappa shape index (κ2) is 4.72. The van der Waals surface area contributed by atoms with E-state index < -0.39 is 0 Å². The molecule has 0 aliphatic rings. The number of carbonyl (C=O) groups is 1. The summed E-state index contributed by atoms with van der Waals surface area (Å²) >= 11 is 0. The Labute approximate surface area is 78.0 Å². The number of pyridine rings is 1. The normalized spacial score (nSPS) is 12.5. The maximum atomic E-state index is 11.1. The first-order valence-corrected chi connectivity index (χ1v) is 4.34. The average Bonchev–Trinajstić information content (AvgIpc) is 2.15. The van der Waals surface area contributed by atoms with Crippen molar-refractivity contribution in [2.75, 3.05) is 6.54 Å². The van der Waals surface area contributed by atoms with Gasteiger partial charge in [0.25, 0.3) is 0 Å². The van der Waals surface area contributed by atoms with E-state index in [0.717, 1.165) is 5.69 Å². The van der Waals surface area contributed by atoms with Crippen LogP contribution in [0, 0.1) is 5.92 Å². The molecule has 0 fully saturated rings. The van der Waals surface area contributed by atoms with E-state index in [-0.39, 0.29) is 11.7 Å². The fourth-order valence-electron chi connectivity index (χ4n) is 1.16. The molecule has 0 aliphatic carbocycles.